The maximum Gasteiger partial charge on any atom is 0.0955 e. The third kappa shape index (κ3) is 4.73. The second kappa shape index (κ2) is 9.10. The van der Waals surface area contributed by atoms with Crippen molar-refractivity contribution in [3.63, 3.8) is 0 Å². The van der Waals surface area contributed by atoms with Gasteiger partial charge in [-0.25, -0.2) is 0 Å². The molecule has 0 saturated heterocycles. The molecule has 0 atom stereocenters. The lowest BCUT2D eigenvalue weighted by molar-refractivity contribution is 0.795. The number of nitrogens with zero attached hydrogens (tertiary/aromatic N) is 1. The van der Waals surface area contributed by atoms with E-state index in [2.05, 4.69) is 71.7 Å². The van der Waals surface area contributed by atoms with E-state index in [9.17, 15) is 0 Å². The molecule has 3 rings (SSSR count). The Morgan fingerprint density at radius 3 is 1.96 bits per heavy atom. The maximum absolute atomic E-state index is 6.36. The van der Waals surface area contributed by atoms with E-state index < -0.39 is 0 Å². The molecule has 0 heterocycles. The zero-order valence-corrected chi connectivity index (χ0v) is 17.2. The average Bonchev–Trinajstić information content (AvgIpc) is 2.69. The lowest BCUT2D eigenvalue weighted by atomic mass is 9.98. The van der Waals surface area contributed by atoms with E-state index in [0.29, 0.717) is 10.7 Å². The Hall–Kier alpha value is -2.25. The summed E-state index contributed by atoms with van der Waals surface area (Å²) in [5.41, 5.74) is 7.73. The van der Waals surface area contributed by atoms with Crippen molar-refractivity contribution < 1.29 is 0 Å². The Labute approximate surface area is 171 Å². The molecule has 0 aromatic heterocycles. The lowest BCUT2D eigenvalue weighted by Crippen LogP contribution is -1.86. The minimum Gasteiger partial charge on any atom is -0.193 e. The Balaban J connectivity index is 1.84. The van der Waals surface area contributed by atoms with Crippen molar-refractivity contribution in [2.24, 2.45) is 4.99 Å². The minimum absolute atomic E-state index is 0.592. The Kier molecular flexibility index (Phi) is 6.58. The average molecular weight is 392 g/mol. The topological polar surface area (TPSA) is 12.4 Å². The predicted molar refractivity (Wildman–Crippen MR) is 120 cm³/mol. The van der Waals surface area contributed by atoms with Crippen molar-refractivity contribution in [3.05, 3.63) is 76.8 Å². The molecule has 0 unspecified atom stereocenters. The molecular weight excluding hydrogens is 370 g/mol. The third-order valence-electron chi connectivity index (χ3n) is 4.74. The first-order valence-electron chi connectivity index (χ1n) is 9.20. The Morgan fingerprint density at radius 2 is 1.44 bits per heavy atom. The van der Waals surface area contributed by atoms with E-state index in [1.807, 2.05) is 13.0 Å². The van der Waals surface area contributed by atoms with Crippen LogP contribution in [0.5, 0.6) is 0 Å². The molecule has 136 valence electrons. The molecule has 0 aliphatic rings. The lowest BCUT2D eigenvalue weighted by Gasteiger charge is -2.09. The molecule has 3 aromatic rings. The van der Waals surface area contributed by atoms with Crippen LogP contribution in [0.3, 0.4) is 0 Å². The summed E-state index contributed by atoms with van der Waals surface area (Å²) in [5, 5.41) is 2.98. The van der Waals surface area contributed by atoms with Crippen molar-refractivity contribution in [3.8, 4) is 22.3 Å². The van der Waals surface area contributed by atoms with Crippen LogP contribution < -0.4 is 0 Å². The summed E-state index contributed by atoms with van der Waals surface area (Å²) < 4.78 is 0. The molecule has 3 aromatic carbocycles. The van der Waals surface area contributed by atoms with Gasteiger partial charge in [-0.3, -0.25) is 0 Å². The molecule has 0 aliphatic heterocycles. The van der Waals surface area contributed by atoms with Crippen LogP contribution in [0.25, 0.3) is 22.3 Å². The fourth-order valence-electron chi connectivity index (χ4n) is 3.19. The fourth-order valence-corrected chi connectivity index (χ4v) is 3.59. The summed E-state index contributed by atoms with van der Waals surface area (Å²) in [4.78, 5) is 4.05. The second-order valence-electron chi connectivity index (χ2n) is 6.70. The number of aryl methyl sites for hydroxylation is 2. The van der Waals surface area contributed by atoms with E-state index in [1.54, 1.807) is 0 Å². The summed E-state index contributed by atoms with van der Waals surface area (Å²) >= 11 is 11.1. The van der Waals surface area contributed by atoms with E-state index in [4.69, 9.17) is 23.8 Å². The highest BCUT2D eigenvalue weighted by atomic mass is 35.5. The summed E-state index contributed by atoms with van der Waals surface area (Å²) in [6.45, 7) is 4.21. The molecule has 27 heavy (non-hydrogen) atoms. The number of isothiocyanates is 1. The largest absolute Gasteiger partial charge is 0.193 e. The first-order chi connectivity index (χ1) is 13.1. The standard InChI is InChI=1S/C24H22ClNS/c1-3-4-5-18-6-8-19(9-7-18)20-10-12-21(13-11-20)22-14-17(2)24(26-16-27)23(25)15-22/h6-15H,3-5H2,1-2H3. The van der Waals surface area contributed by atoms with Gasteiger partial charge in [-0.05, 0) is 77.5 Å². The highest BCUT2D eigenvalue weighted by Crippen LogP contribution is 2.34. The third-order valence-corrected chi connectivity index (χ3v) is 5.12. The van der Waals surface area contributed by atoms with E-state index in [-0.39, 0.29) is 0 Å². The van der Waals surface area contributed by atoms with Gasteiger partial charge in [0.15, 0.2) is 0 Å². The fraction of sp³-hybridized carbons (Fsp3) is 0.208. The number of unbranched alkanes of at least 4 members (excludes halogenated alkanes) is 1. The molecule has 0 amide bonds. The number of halogens is 1. The van der Waals surface area contributed by atoms with E-state index >= 15 is 0 Å². The maximum atomic E-state index is 6.36. The number of benzene rings is 3. The molecule has 1 nitrogen and oxygen atoms in total. The van der Waals surface area contributed by atoms with Gasteiger partial charge in [-0.2, -0.15) is 4.99 Å². The van der Waals surface area contributed by atoms with Crippen LogP contribution >= 0.6 is 23.8 Å². The molecule has 0 spiro atoms. The molecule has 0 radical (unpaired) electrons. The van der Waals surface area contributed by atoms with Gasteiger partial charge >= 0.3 is 0 Å². The van der Waals surface area contributed by atoms with Crippen LogP contribution in [-0.4, -0.2) is 5.16 Å². The SMILES string of the molecule is CCCCc1ccc(-c2ccc(-c3cc(C)c(N=C=S)c(Cl)c3)cc2)cc1. The van der Waals surface area contributed by atoms with Gasteiger partial charge in [0, 0.05) is 0 Å². The van der Waals surface area contributed by atoms with Gasteiger partial charge in [0.2, 0.25) is 0 Å². The quantitative estimate of drug-likeness (QED) is 0.305. The number of hydrogen-bond donors (Lipinski definition) is 0. The van der Waals surface area contributed by atoms with Gasteiger partial charge in [-0.15, -0.1) is 0 Å². The molecule has 0 bridgehead atoms. The minimum atomic E-state index is 0.592. The van der Waals surface area contributed by atoms with Crippen molar-refractivity contribution >= 4 is 34.7 Å². The summed E-state index contributed by atoms with van der Waals surface area (Å²) in [6.07, 6.45) is 3.62. The second-order valence-corrected chi connectivity index (χ2v) is 7.29. The van der Waals surface area contributed by atoms with Gasteiger partial charge < -0.3 is 0 Å². The number of hydrogen-bond acceptors (Lipinski definition) is 2. The van der Waals surface area contributed by atoms with Gasteiger partial charge in [0.1, 0.15) is 0 Å². The first kappa shape index (κ1) is 19.5. The van der Waals surface area contributed by atoms with Crippen LogP contribution in [0, 0.1) is 6.92 Å². The van der Waals surface area contributed by atoms with Gasteiger partial charge in [-0.1, -0.05) is 73.5 Å². The van der Waals surface area contributed by atoms with E-state index in [0.717, 1.165) is 23.1 Å². The van der Waals surface area contributed by atoms with Crippen molar-refractivity contribution in [2.75, 3.05) is 0 Å². The van der Waals surface area contributed by atoms with Crippen LogP contribution in [0.1, 0.15) is 30.9 Å². The van der Waals surface area contributed by atoms with Gasteiger partial charge in [0.25, 0.3) is 0 Å². The molecular formula is C24H22ClNS. The number of rotatable bonds is 6. The summed E-state index contributed by atoms with van der Waals surface area (Å²) in [6, 6.07) is 21.5. The first-order valence-corrected chi connectivity index (χ1v) is 9.98. The summed E-state index contributed by atoms with van der Waals surface area (Å²) in [7, 11) is 0. The van der Waals surface area contributed by atoms with Crippen molar-refractivity contribution in [2.45, 2.75) is 33.1 Å². The Bertz CT molecular complexity index is 945. The monoisotopic (exact) mass is 391 g/mol. The Morgan fingerprint density at radius 1 is 0.889 bits per heavy atom. The zero-order valence-electron chi connectivity index (χ0n) is 15.6. The zero-order chi connectivity index (χ0) is 19.2. The van der Waals surface area contributed by atoms with E-state index in [1.165, 1.54) is 29.5 Å². The van der Waals surface area contributed by atoms with Gasteiger partial charge in [0.05, 0.1) is 15.9 Å². The number of aliphatic imine (C=N–C) groups is 1. The van der Waals surface area contributed by atoms with Crippen LogP contribution in [-0.2, 0) is 6.42 Å². The highest BCUT2D eigenvalue weighted by Gasteiger charge is 2.08. The number of thiocarbonyl (C=S) groups is 1. The van der Waals surface area contributed by atoms with Crippen LogP contribution in [0.15, 0.2) is 65.7 Å². The highest BCUT2D eigenvalue weighted by molar-refractivity contribution is 7.78. The smallest absolute Gasteiger partial charge is 0.0955 e. The molecule has 3 heteroatoms. The molecule has 0 N–H and O–H groups in total. The normalized spacial score (nSPS) is 10.5. The van der Waals surface area contributed by atoms with Crippen molar-refractivity contribution in [1.82, 2.24) is 0 Å². The molecule has 0 fully saturated rings. The van der Waals surface area contributed by atoms with Crippen molar-refractivity contribution in [1.29, 1.82) is 0 Å². The molecule has 0 saturated carbocycles. The van der Waals surface area contributed by atoms with Crippen LogP contribution in [0.4, 0.5) is 5.69 Å². The molecule has 0 aliphatic carbocycles. The van der Waals surface area contributed by atoms with Crippen LogP contribution in [0.2, 0.25) is 5.02 Å². The predicted octanol–water partition coefficient (Wildman–Crippen LogP) is 8.06. The summed E-state index contributed by atoms with van der Waals surface area (Å²) in [5.74, 6) is 0.